The number of aromatic nitrogens is 1. The summed E-state index contributed by atoms with van der Waals surface area (Å²) in [5.41, 5.74) is 1.94. The highest BCUT2D eigenvalue weighted by Gasteiger charge is 2.14. The molecule has 0 aliphatic rings. The monoisotopic (exact) mass is 331 g/mol. The predicted octanol–water partition coefficient (Wildman–Crippen LogP) is 5.30. The third-order valence-corrected chi connectivity index (χ3v) is 3.71. The molecule has 3 nitrogen and oxygen atoms in total. The van der Waals surface area contributed by atoms with Crippen molar-refractivity contribution in [1.29, 1.82) is 5.26 Å². The molecule has 3 rings (SSSR count). The lowest BCUT2D eigenvalue weighted by molar-refractivity contribution is 0.628. The van der Waals surface area contributed by atoms with E-state index in [2.05, 4.69) is 10.3 Å². The fourth-order valence-corrected chi connectivity index (χ4v) is 2.54. The normalized spacial score (nSPS) is 10.5. The van der Waals surface area contributed by atoms with Gasteiger partial charge in [0.2, 0.25) is 0 Å². The molecular formula is C16H8Cl2FN3. The Morgan fingerprint density at radius 3 is 2.64 bits per heavy atom. The van der Waals surface area contributed by atoms with Crippen molar-refractivity contribution in [1.82, 2.24) is 4.98 Å². The number of pyridine rings is 1. The van der Waals surface area contributed by atoms with Crippen LogP contribution in [0.2, 0.25) is 10.2 Å². The highest BCUT2D eigenvalue weighted by Crippen LogP contribution is 2.33. The van der Waals surface area contributed by atoms with Crippen molar-refractivity contribution in [2.24, 2.45) is 0 Å². The van der Waals surface area contributed by atoms with Crippen molar-refractivity contribution in [2.75, 3.05) is 5.32 Å². The quantitative estimate of drug-likeness (QED) is 0.648. The number of halogens is 3. The number of para-hydroxylation sites is 1. The largest absolute Gasteiger partial charge is 0.354 e. The minimum atomic E-state index is -0.509. The first-order valence-corrected chi connectivity index (χ1v) is 7.06. The van der Waals surface area contributed by atoms with Gasteiger partial charge in [-0.1, -0.05) is 41.4 Å². The van der Waals surface area contributed by atoms with Crippen LogP contribution in [0.15, 0.2) is 42.5 Å². The second-order valence-corrected chi connectivity index (χ2v) is 5.30. The van der Waals surface area contributed by atoms with Crippen LogP contribution in [0.4, 0.5) is 15.8 Å². The zero-order valence-electron chi connectivity index (χ0n) is 11.1. The summed E-state index contributed by atoms with van der Waals surface area (Å²) in [6.45, 7) is 0. The van der Waals surface area contributed by atoms with E-state index >= 15 is 0 Å². The summed E-state index contributed by atoms with van der Waals surface area (Å²) in [6.07, 6.45) is 0. The molecular weight excluding hydrogens is 324 g/mol. The molecule has 0 aliphatic heterocycles. The Morgan fingerprint density at radius 2 is 1.91 bits per heavy atom. The SMILES string of the molecule is N#Cc1c(Cl)nc2ccccc2c1Nc1ccc(F)c(Cl)c1. The number of hydrogen-bond donors (Lipinski definition) is 1. The Kier molecular flexibility index (Phi) is 3.84. The van der Waals surface area contributed by atoms with E-state index in [1.165, 1.54) is 18.2 Å². The van der Waals surface area contributed by atoms with Gasteiger partial charge in [0.1, 0.15) is 22.6 Å². The maximum Gasteiger partial charge on any atom is 0.149 e. The fraction of sp³-hybridized carbons (Fsp3) is 0. The summed E-state index contributed by atoms with van der Waals surface area (Å²) in [6, 6.07) is 13.6. The highest BCUT2D eigenvalue weighted by atomic mass is 35.5. The second kappa shape index (κ2) is 5.80. The van der Waals surface area contributed by atoms with Gasteiger partial charge in [-0.25, -0.2) is 9.37 Å². The summed E-state index contributed by atoms with van der Waals surface area (Å²) in [7, 11) is 0. The zero-order valence-corrected chi connectivity index (χ0v) is 12.6. The summed E-state index contributed by atoms with van der Waals surface area (Å²) < 4.78 is 13.3. The predicted molar refractivity (Wildman–Crippen MR) is 86.2 cm³/mol. The summed E-state index contributed by atoms with van der Waals surface area (Å²) in [5, 5.41) is 13.3. The van der Waals surface area contributed by atoms with Gasteiger partial charge in [-0.05, 0) is 24.3 Å². The van der Waals surface area contributed by atoms with Crippen LogP contribution in [-0.4, -0.2) is 4.98 Å². The molecule has 1 aromatic heterocycles. The first-order valence-electron chi connectivity index (χ1n) is 6.30. The summed E-state index contributed by atoms with van der Waals surface area (Å²) in [4.78, 5) is 4.20. The van der Waals surface area contributed by atoms with Crippen LogP contribution in [0.25, 0.3) is 10.9 Å². The van der Waals surface area contributed by atoms with Gasteiger partial charge in [0.25, 0.3) is 0 Å². The Balaban J connectivity index is 2.20. The third kappa shape index (κ3) is 2.57. The van der Waals surface area contributed by atoms with E-state index in [9.17, 15) is 9.65 Å². The zero-order chi connectivity index (χ0) is 15.7. The molecule has 6 heteroatoms. The van der Waals surface area contributed by atoms with E-state index < -0.39 is 5.82 Å². The van der Waals surface area contributed by atoms with Crippen LogP contribution in [0, 0.1) is 17.1 Å². The highest BCUT2D eigenvalue weighted by molar-refractivity contribution is 6.32. The molecule has 0 radical (unpaired) electrons. The number of nitrogens with one attached hydrogen (secondary N) is 1. The third-order valence-electron chi connectivity index (χ3n) is 3.15. The van der Waals surface area contributed by atoms with Crippen LogP contribution in [0.3, 0.4) is 0 Å². The number of hydrogen-bond acceptors (Lipinski definition) is 3. The van der Waals surface area contributed by atoms with Crippen molar-refractivity contribution < 1.29 is 4.39 Å². The Morgan fingerprint density at radius 1 is 1.14 bits per heavy atom. The lowest BCUT2D eigenvalue weighted by Gasteiger charge is -2.13. The van der Waals surface area contributed by atoms with E-state index in [-0.39, 0.29) is 15.7 Å². The average Bonchev–Trinajstić information content (AvgIpc) is 2.51. The number of nitriles is 1. The topological polar surface area (TPSA) is 48.7 Å². The molecule has 0 aliphatic carbocycles. The first kappa shape index (κ1) is 14.6. The van der Waals surface area contributed by atoms with Crippen LogP contribution in [0.1, 0.15) is 5.56 Å². The summed E-state index contributed by atoms with van der Waals surface area (Å²) >= 11 is 11.9. The van der Waals surface area contributed by atoms with Crippen LogP contribution >= 0.6 is 23.2 Å². The maximum atomic E-state index is 13.3. The molecule has 3 aromatic rings. The van der Waals surface area contributed by atoms with Gasteiger partial charge in [-0.15, -0.1) is 0 Å². The lowest BCUT2D eigenvalue weighted by atomic mass is 10.1. The van der Waals surface area contributed by atoms with Gasteiger partial charge in [0.15, 0.2) is 0 Å². The van der Waals surface area contributed by atoms with Crippen LogP contribution in [-0.2, 0) is 0 Å². The number of fused-ring (bicyclic) bond motifs is 1. The van der Waals surface area contributed by atoms with Crippen LogP contribution < -0.4 is 5.32 Å². The molecule has 2 aromatic carbocycles. The molecule has 0 saturated carbocycles. The first-order chi connectivity index (χ1) is 10.6. The second-order valence-electron chi connectivity index (χ2n) is 4.54. The minimum Gasteiger partial charge on any atom is -0.354 e. The van der Waals surface area contributed by atoms with Crippen molar-refractivity contribution in [3.63, 3.8) is 0 Å². The van der Waals surface area contributed by atoms with Crippen molar-refractivity contribution in [2.45, 2.75) is 0 Å². The van der Waals surface area contributed by atoms with Gasteiger partial charge >= 0.3 is 0 Å². The molecule has 0 fully saturated rings. The average molecular weight is 332 g/mol. The van der Waals surface area contributed by atoms with Gasteiger partial charge in [-0.3, -0.25) is 0 Å². The van der Waals surface area contributed by atoms with Gasteiger partial charge in [-0.2, -0.15) is 5.26 Å². The maximum absolute atomic E-state index is 13.3. The molecule has 0 amide bonds. The smallest absolute Gasteiger partial charge is 0.149 e. The summed E-state index contributed by atoms with van der Waals surface area (Å²) in [5.74, 6) is -0.509. The number of anilines is 2. The Labute approximate surface area is 135 Å². The van der Waals surface area contributed by atoms with E-state index in [1.54, 1.807) is 6.07 Å². The van der Waals surface area contributed by atoms with E-state index in [0.29, 0.717) is 16.9 Å². The van der Waals surface area contributed by atoms with Gasteiger partial charge < -0.3 is 5.32 Å². The van der Waals surface area contributed by atoms with Crippen molar-refractivity contribution in [3.8, 4) is 6.07 Å². The molecule has 108 valence electrons. The standard InChI is InChI=1S/C16H8Cl2FN3/c17-12-7-9(5-6-13(12)19)21-15-10-3-1-2-4-14(10)22-16(18)11(15)8-20/h1-7H,(H,21,22). The Bertz CT molecular complexity index is 919. The molecule has 1 heterocycles. The molecule has 0 bridgehead atoms. The Hall–Kier alpha value is -2.35. The van der Waals surface area contributed by atoms with Gasteiger partial charge in [0.05, 0.1) is 16.2 Å². The van der Waals surface area contributed by atoms with E-state index in [4.69, 9.17) is 23.2 Å². The van der Waals surface area contributed by atoms with Gasteiger partial charge in [0, 0.05) is 11.1 Å². The molecule has 0 spiro atoms. The number of rotatable bonds is 2. The fourth-order valence-electron chi connectivity index (χ4n) is 2.13. The number of nitrogens with zero attached hydrogens (tertiary/aromatic N) is 2. The van der Waals surface area contributed by atoms with Crippen molar-refractivity contribution >= 4 is 45.5 Å². The van der Waals surface area contributed by atoms with E-state index in [1.807, 2.05) is 24.3 Å². The molecule has 22 heavy (non-hydrogen) atoms. The molecule has 0 unspecified atom stereocenters. The van der Waals surface area contributed by atoms with E-state index in [0.717, 1.165) is 5.39 Å². The number of benzene rings is 2. The molecule has 1 N–H and O–H groups in total. The van der Waals surface area contributed by atoms with Crippen molar-refractivity contribution in [3.05, 3.63) is 64.0 Å². The minimum absolute atomic E-state index is 0.00651. The van der Waals surface area contributed by atoms with Crippen LogP contribution in [0.5, 0.6) is 0 Å². The molecule has 0 atom stereocenters. The molecule has 0 saturated heterocycles. The lowest BCUT2D eigenvalue weighted by Crippen LogP contribution is -1.98.